The molecular weight excluding hydrogens is 293 g/mol. The largest absolute Gasteiger partial charge is 0.402 e. The molecule has 0 amide bonds. The van der Waals surface area contributed by atoms with E-state index >= 15 is 0 Å². The molecule has 0 aliphatic rings. The zero-order valence-electron chi connectivity index (χ0n) is 11.2. The van der Waals surface area contributed by atoms with Crippen LogP contribution in [0.1, 0.15) is 25.5 Å². The molecule has 1 atom stereocenters. The van der Waals surface area contributed by atoms with Crippen molar-refractivity contribution in [2.24, 2.45) is 0 Å². The minimum absolute atomic E-state index is 0.0854. The number of benzene rings is 1. The maximum absolute atomic E-state index is 12.1. The topological polar surface area (TPSA) is 58.2 Å². The van der Waals surface area contributed by atoms with Gasteiger partial charge in [-0.1, -0.05) is 19.1 Å². The number of halogens is 3. The fourth-order valence-electron chi connectivity index (χ4n) is 1.64. The average Bonchev–Trinajstić information content (AvgIpc) is 2.36. The van der Waals surface area contributed by atoms with Crippen LogP contribution >= 0.6 is 0 Å². The van der Waals surface area contributed by atoms with Crippen LogP contribution in [-0.4, -0.2) is 27.7 Å². The fraction of sp³-hybridized carbons (Fsp3) is 0.500. The van der Waals surface area contributed by atoms with Crippen molar-refractivity contribution in [2.75, 3.05) is 13.1 Å². The first-order valence-electron chi connectivity index (χ1n) is 6.05. The molecule has 4 nitrogen and oxygen atoms in total. The smallest absolute Gasteiger partial charge is 0.310 e. The summed E-state index contributed by atoms with van der Waals surface area (Å²) in [5.74, 6) is 0. The summed E-state index contributed by atoms with van der Waals surface area (Å²) in [5, 5.41) is 3.10. The molecule has 0 bridgehead atoms. The normalized spacial score (nSPS) is 14.2. The van der Waals surface area contributed by atoms with Gasteiger partial charge >= 0.3 is 6.18 Å². The minimum atomic E-state index is -4.58. The van der Waals surface area contributed by atoms with E-state index in [9.17, 15) is 21.6 Å². The molecule has 0 saturated carbocycles. The van der Waals surface area contributed by atoms with Gasteiger partial charge in [-0.2, -0.15) is 13.2 Å². The second-order valence-corrected chi connectivity index (χ2v) is 6.06. The lowest BCUT2D eigenvalue weighted by Gasteiger charge is -2.14. The maximum Gasteiger partial charge on any atom is 0.402 e. The molecule has 0 heterocycles. The first kappa shape index (κ1) is 16.9. The van der Waals surface area contributed by atoms with Crippen LogP contribution in [0.15, 0.2) is 29.2 Å². The summed E-state index contributed by atoms with van der Waals surface area (Å²) in [4.78, 5) is -0.177. The highest BCUT2D eigenvalue weighted by Crippen LogP contribution is 2.19. The van der Waals surface area contributed by atoms with E-state index in [2.05, 4.69) is 5.32 Å². The molecule has 2 N–H and O–H groups in total. The van der Waals surface area contributed by atoms with Crippen molar-refractivity contribution < 1.29 is 21.6 Å². The van der Waals surface area contributed by atoms with Crippen LogP contribution in [-0.2, 0) is 10.0 Å². The second kappa shape index (κ2) is 6.55. The molecule has 0 aliphatic carbocycles. The zero-order valence-corrected chi connectivity index (χ0v) is 12.0. The predicted molar refractivity (Wildman–Crippen MR) is 69.8 cm³/mol. The fourth-order valence-corrected chi connectivity index (χ4v) is 2.70. The highest BCUT2D eigenvalue weighted by atomic mass is 32.2. The van der Waals surface area contributed by atoms with Crippen molar-refractivity contribution in [2.45, 2.75) is 31.0 Å². The molecule has 0 spiro atoms. The van der Waals surface area contributed by atoms with E-state index in [-0.39, 0.29) is 10.9 Å². The van der Waals surface area contributed by atoms with Gasteiger partial charge in [0.15, 0.2) is 0 Å². The number of alkyl halides is 3. The van der Waals surface area contributed by atoms with Crippen LogP contribution < -0.4 is 10.0 Å². The molecule has 0 radical (unpaired) electrons. The van der Waals surface area contributed by atoms with E-state index in [1.807, 2.05) is 13.8 Å². The van der Waals surface area contributed by atoms with E-state index in [0.29, 0.717) is 12.1 Å². The van der Waals surface area contributed by atoms with Gasteiger partial charge in [0.05, 0.1) is 4.90 Å². The Morgan fingerprint density at radius 2 is 1.95 bits per heavy atom. The van der Waals surface area contributed by atoms with Crippen LogP contribution in [0.25, 0.3) is 0 Å². The van der Waals surface area contributed by atoms with Crippen molar-refractivity contribution in [1.82, 2.24) is 10.0 Å². The Bertz CT molecular complexity index is 544. The molecule has 0 fully saturated rings. The Labute approximate surface area is 116 Å². The van der Waals surface area contributed by atoms with Gasteiger partial charge in [0.25, 0.3) is 0 Å². The summed E-state index contributed by atoms with van der Waals surface area (Å²) in [7, 11) is -4.16. The van der Waals surface area contributed by atoms with Gasteiger partial charge in [0, 0.05) is 6.04 Å². The monoisotopic (exact) mass is 310 g/mol. The maximum atomic E-state index is 12.1. The van der Waals surface area contributed by atoms with Gasteiger partial charge in [-0.15, -0.1) is 0 Å². The van der Waals surface area contributed by atoms with Crippen molar-refractivity contribution in [3.63, 3.8) is 0 Å². The summed E-state index contributed by atoms with van der Waals surface area (Å²) < 4.78 is 61.3. The van der Waals surface area contributed by atoms with Gasteiger partial charge in [-0.05, 0) is 31.2 Å². The quantitative estimate of drug-likeness (QED) is 0.847. The Morgan fingerprint density at radius 1 is 1.30 bits per heavy atom. The molecule has 114 valence electrons. The molecular formula is C12H17F3N2O2S. The first-order chi connectivity index (χ1) is 9.15. The highest BCUT2D eigenvalue weighted by Gasteiger charge is 2.30. The number of sulfonamides is 1. The van der Waals surface area contributed by atoms with Crippen LogP contribution in [0.2, 0.25) is 0 Å². The predicted octanol–water partition coefficient (Wildman–Crippen LogP) is 2.20. The van der Waals surface area contributed by atoms with Crippen molar-refractivity contribution in [3.05, 3.63) is 29.8 Å². The molecule has 1 rings (SSSR count). The molecule has 20 heavy (non-hydrogen) atoms. The minimum Gasteiger partial charge on any atom is -0.310 e. The Kier molecular flexibility index (Phi) is 5.55. The molecule has 1 aromatic carbocycles. The van der Waals surface area contributed by atoms with Crippen molar-refractivity contribution in [1.29, 1.82) is 0 Å². The Balaban J connectivity index is 2.93. The van der Waals surface area contributed by atoms with Gasteiger partial charge in [0.1, 0.15) is 6.54 Å². The number of nitrogens with one attached hydrogen (secondary N) is 2. The first-order valence-corrected chi connectivity index (χ1v) is 7.54. The van der Waals surface area contributed by atoms with E-state index in [1.54, 1.807) is 10.8 Å². The van der Waals surface area contributed by atoms with E-state index in [1.165, 1.54) is 18.2 Å². The number of rotatable bonds is 6. The molecule has 8 heteroatoms. The van der Waals surface area contributed by atoms with Crippen LogP contribution in [0.3, 0.4) is 0 Å². The zero-order chi connectivity index (χ0) is 15.4. The second-order valence-electron chi connectivity index (χ2n) is 4.29. The standard InChI is InChI=1S/C12H17F3N2O2S/c1-3-16-9(2)10-5-4-6-11(7-10)20(18,19)17-8-12(13,14)15/h4-7,9,16-17H,3,8H2,1-2H3. The third-order valence-corrected chi connectivity index (χ3v) is 4.04. The van der Waals surface area contributed by atoms with Gasteiger partial charge in [0.2, 0.25) is 10.0 Å². The van der Waals surface area contributed by atoms with Crippen LogP contribution in [0.5, 0.6) is 0 Å². The molecule has 0 aliphatic heterocycles. The number of hydrogen-bond donors (Lipinski definition) is 2. The molecule has 0 saturated heterocycles. The molecule has 0 aromatic heterocycles. The lowest BCUT2D eigenvalue weighted by atomic mass is 10.1. The Hall–Kier alpha value is -1.12. The highest BCUT2D eigenvalue weighted by molar-refractivity contribution is 7.89. The van der Waals surface area contributed by atoms with E-state index < -0.39 is 22.7 Å². The van der Waals surface area contributed by atoms with Crippen LogP contribution in [0.4, 0.5) is 13.2 Å². The third-order valence-electron chi connectivity index (χ3n) is 2.64. The van der Waals surface area contributed by atoms with Gasteiger partial charge in [-0.25, -0.2) is 13.1 Å². The molecule has 1 unspecified atom stereocenters. The lowest BCUT2D eigenvalue weighted by Crippen LogP contribution is -2.33. The van der Waals surface area contributed by atoms with Gasteiger partial charge < -0.3 is 5.32 Å². The summed E-state index contributed by atoms with van der Waals surface area (Å²) in [6, 6.07) is 5.77. The van der Waals surface area contributed by atoms with Crippen molar-refractivity contribution >= 4 is 10.0 Å². The van der Waals surface area contributed by atoms with Gasteiger partial charge in [-0.3, -0.25) is 0 Å². The Morgan fingerprint density at radius 3 is 2.50 bits per heavy atom. The van der Waals surface area contributed by atoms with E-state index in [0.717, 1.165) is 0 Å². The molecule has 1 aromatic rings. The summed E-state index contributed by atoms with van der Waals surface area (Å²) in [6.45, 7) is 2.87. The van der Waals surface area contributed by atoms with E-state index in [4.69, 9.17) is 0 Å². The summed E-state index contributed by atoms with van der Waals surface area (Å²) in [6.07, 6.45) is -4.58. The third kappa shape index (κ3) is 5.10. The number of hydrogen-bond acceptors (Lipinski definition) is 3. The average molecular weight is 310 g/mol. The van der Waals surface area contributed by atoms with Crippen molar-refractivity contribution in [3.8, 4) is 0 Å². The lowest BCUT2D eigenvalue weighted by molar-refractivity contribution is -0.121. The van der Waals surface area contributed by atoms with Crippen LogP contribution in [0, 0.1) is 0 Å². The summed E-state index contributed by atoms with van der Waals surface area (Å²) >= 11 is 0. The SMILES string of the molecule is CCNC(C)c1cccc(S(=O)(=O)NCC(F)(F)F)c1. The summed E-state index contributed by atoms with van der Waals surface area (Å²) in [5.41, 5.74) is 0.696.